The fraction of sp³-hybridized carbons (Fsp3) is 0.425. The summed E-state index contributed by atoms with van der Waals surface area (Å²) in [5, 5.41) is 46.6. The maximum absolute atomic E-state index is 12.3. The molecule has 296 valence electrons. The van der Waals surface area contributed by atoms with Crippen molar-refractivity contribution in [3.05, 3.63) is 90.0 Å². The van der Waals surface area contributed by atoms with Crippen LogP contribution >= 0.6 is 12.2 Å². The first-order chi connectivity index (χ1) is 26.2. The predicted octanol–water partition coefficient (Wildman–Crippen LogP) is 3.48. The fourth-order valence-corrected chi connectivity index (χ4v) is 6.81. The second kappa shape index (κ2) is 20.7. The van der Waals surface area contributed by atoms with Gasteiger partial charge in [0.2, 0.25) is 0 Å². The molecule has 15 heteroatoms. The van der Waals surface area contributed by atoms with Crippen molar-refractivity contribution in [2.24, 2.45) is 0 Å². The number of thiocarbonyl (C=S) groups is 1. The van der Waals surface area contributed by atoms with Crippen molar-refractivity contribution < 1.29 is 39.6 Å². The van der Waals surface area contributed by atoms with E-state index < -0.39 is 48.0 Å². The van der Waals surface area contributed by atoms with Crippen molar-refractivity contribution in [3.63, 3.8) is 0 Å². The zero-order chi connectivity index (χ0) is 40.1. The van der Waals surface area contributed by atoms with Crippen molar-refractivity contribution in [1.29, 1.82) is 0 Å². The number of rotatable bonds is 14. The van der Waals surface area contributed by atoms with Crippen LogP contribution in [0.1, 0.15) is 31.9 Å². The van der Waals surface area contributed by atoms with Crippen LogP contribution < -0.4 is 10.6 Å². The SMILES string of the molecule is C[C@@H](C(=O)O)N1CCN(CC(=O)O)[C@@H](Cc2ccc(NC(=S)NCc3ccc(-c4ccccc4)cc3)cc2)CN([C@@H](C)C(=O)O)CCN([C@@H](C)C(=O)O)CC1. The number of carboxylic acid groups (broad SMARTS) is 4. The number of carboxylic acids is 4. The molecule has 3 aromatic carbocycles. The molecule has 14 nitrogen and oxygen atoms in total. The highest BCUT2D eigenvalue weighted by molar-refractivity contribution is 7.80. The number of aliphatic carboxylic acids is 4. The smallest absolute Gasteiger partial charge is 0.320 e. The van der Waals surface area contributed by atoms with E-state index in [4.69, 9.17) is 12.2 Å². The standard InChI is InChI=1S/C40H52N6O8S/c1-27(37(49)50)43-17-18-44(28(2)38(51)52)20-22-46(26-36(47)48)35(25-45(21-19-43)29(3)39(53)54)23-30-11-15-34(16-12-30)42-40(55)41-24-31-9-13-33(14-10-31)32-7-5-4-6-8-32/h4-16,27-29,35H,17-26H2,1-3H3,(H,47,48)(H,49,50)(H,51,52)(H,53,54)(H2,41,42,55)/t27-,28-,29-,35-/m0/s1. The fourth-order valence-electron chi connectivity index (χ4n) is 6.62. The molecule has 0 aromatic heterocycles. The van der Waals surface area contributed by atoms with Gasteiger partial charge < -0.3 is 31.1 Å². The van der Waals surface area contributed by atoms with Gasteiger partial charge in [0.05, 0.1) is 6.54 Å². The van der Waals surface area contributed by atoms with Crippen LogP contribution in [0.2, 0.25) is 0 Å². The summed E-state index contributed by atoms with van der Waals surface area (Å²) in [5.74, 6) is -4.22. The molecule has 1 fully saturated rings. The van der Waals surface area contributed by atoms with Gasteiger partial charge in [0.15, 0.2) is 5.11 Å². The maximum atomic E-state index is 12.3. The molecular formula is C40H52N6O8S. The first-order valence-electron chi connectivity index (χ1n) is 18.4. The highest BCUT2D eigenvalue weighted by atomic mass is 32.1. The Morgan fingerprint density at radius 1 is 0.655 bits per heavy atom. The number of hydrogen-bond donors (Lipinski definition) is 6. The maximum Gasteiger partial charge on any atom is 0.320 e. The van der Waals surface area contributed by atoms with Crippen molar-refractivity contribution in [3.8, 4) is 11.1 Å². The van der Waals surface area contributed by atoms with E-state index in [1.54, 1.807) is 40.4 Å². The third-order valence-corrected chi connectivity index (χ3v) is 10.5. The number of anilines is 1. The second-order valence-electron chi connectivity index (χ2n) is 13.9. The lowest BCUT2D eigenvalue weighted by atomic mass is 10.0. The van der Waals surface area contributed by atoms with Crippen LogP contribution in [0.15, 0.2) is 78.9 Å². The van der Waals surface area contributed by atoms with Gasteiger partial charge in [-0.2, -0.15) is 0 Å². The Balaban J connectivity index is 1.51. The normalized spacial score (nSPS) is 18.5. The van der Waals surface area contributed by atoms with Crippen molar-refractivity contribution in [2.45, 2.75) is 57.9 Å². The molecule has 0 spiro atoms. The molecule has 1 heterocycles. The van der Waals surface area contributed by atoms with Gasteiger partial charge in [0, 0.05) is 64.1 Å². The van der Waals surface area contributed by atoms with E-state index in [0.29, 0.717) is 18.1 Å². The largest absolute Gasteiger partial charge is 0.480 e. The number of benzene rings is 3. The summed E-state index contributed by atoms with van der Waals surface area (Å²) >= 11 is 5.56. The highest BCUT2D eigenvalue weighted by Crippen LogP contribution is 2.20. The number of hydrogen-bond acceptors (Lipinski definition) is 9. The summed E-state index contributed by atoms with van der Waals surface area (Å²) in [6.07, 6.45) is 0.363. The van der Waals surface area contributed by atoms with Crippen LogP contribution in [0.25, 0.3) is 11.1 Å². The summed E-state index contributed by atoms with van der Waals surface area (Å²) in [4.78, 5) is 55.5. The van der Waals surface area contributed by atoms with Gasteiger partial charge in [0.25, 0.3) is 0 Å². The molecule has 0 amide bonds. The van der Waals surface area contributed by atoms with Gasteiger partial charge in [-0.25, -0.2) is 0 Å². The molecule has 4 rings (SSSR count). The Kier molecular flexibility index (Phi) is 16.1. The molecule has 6 N–H and O–H groups in total. The van der Waals surface area contributed by atoms with E-state index in [0.717, 1.165) is 27.9 Å². The first kappa shape index (κ1) is 42.8. The van der Waals surface area contributed by atoms with E-state index in [-0.39, 0.29) is 52.4 Å². The molecule has 0 saturated carbocycles. The Hall–Kier alpha value is -4.93. The Morgan fingerprint density at radius 2 is 1.13 bits per heavy atom. The second-order valence-corrected chi connectivity index (χ2v) is 14.3. The lowest BCUT2D eigenvalue weighted by molar-refractivity contribution is -0.146. The number of nitrogens with zero attached hydrogens (tertiary/aromatic N) is 4. The van der Waals surface area contributed by atoms with Crippen LogP contribution in [0.5, 0.6) is 0 Å². The van der Waals surface area contributed by atoms with Gasteiger partial charge in [-0.15, -0.1) is 0 Å². The Labute approximate surface area is 327 Å². The third kappa shape index (κ3) is 13.1. The van der Waals surface area contributed by atoms with E-state index in [1.807, 2.05) is 42.5 Å². The predicted molar refractivity (Wildman–Crippen MR) is 214 cm³/mol. The monoisotopic (exact) mass is 776 g/mol. The molecule has 1 saturated heterocycles. The van der Waals surface area contributed by atoms with Gasteiger partial charge in [-0.3, -0.25) is 38.8 Å². The minimum absolute atomic E-state index is 0.171. The van der Waals surface area contributed by atoms with E-state index in [9.17, 15) is 39.6 Å². The van der Waals surface area contributed by atoms with Gasteiger partial charge in [0.1, 0.15) is 18.1 Å². The lowest BCUT2D eigenvalue weighted by Crippen LogP contribution is -2.56. The molecule has 55 heavy (non-hydrogen) atoms. The van der Waals surface area contributed by atoms with E-state index in [1.165, 1.54) is 0 Å². The van der Waals surface area contributed by atoms with Crippen molar-refractivity contribution >= 4 is 46.9 Å². The summed E-state index contributed by atoms with van der Waals surface area (Å²) < 4.78 is 0. The lowest BCUT2D eigenvalue weighted by Gasteiger charge is -2.40. The molecule has 0 bridgehead atoms. The molecule has 0 aliphatic carbocycles. The number of carbonyl (C=O) groups is 4. The molecule has 0 radical (unpaired) electrons. The van der Waals surface area contributed by atoms with Crippen LogP contribution in [0.4, 0.5) is 5.69 Å². The molecular weight excluding hydrogens is 725 g/mol. The average Bonchev–Trinajstić information content (AvgIpc) is 3.16. The Bertz CT molecular complexity index is 1750. The van der Waals surface area contributed by atoms with Crippen LogP contribution in [-0.4, -0.2) is 146 Å². The summed E-state index contributed by atoms with van der Waals surface area (Å²) in [6.45, 7) is 6.26. The third-order valence-electron chi connectivity index (χ3n) is 10.2. The zero-order valence-corrected chi connectivity index (χ0v) is 32.3. The molecule has 4 atom stereocenters. The van der Waals surface area contributed by atoms with Crippen LogP contribution in [0, 0.1) is 0 Å². The summed E-state index contributed by atoms with van der Waals surface area (Å²) in [5.41, 5.74) is 4.96. The van der Waals surface area contributed by atoms with E-state index >= 15 is 0 Å². The molecule has 3 aromatic rings. The van der Waals surface area contributed by atoms with E-state index in [2.05, 4.69) is 47.0 Å². The van der Waals surface area contributed by atoms with Gasteiger partial charge in [-0.1, -0.05) is 66.7 Å². The molecule has 1 aliphatic rings. The number of nitrogens with one attached hydrogen (secondary N) is 2. The first-order valence-corrected chi connectivity index (χ1v) is 18.8. The minimum atomic E-state index is -1.07. The van der Waals surface area contributed by atoms with Crippen molar-refractivity contribution in [1.82, 2.24) is 24.9 Å². The quantitative estimate of drug-likeness (QED) is 0.131. The van der Waals surface area contributed by atoms with Gasteiger partial charge in [-0.05, 0) is 73.8 Å². The molecule has 1 aliphatic heterocycles. The van der Waals surface area contributed by atoms with Crippen LogP contribution in [-0.2, 0) is 32.1 Å². The summed E-state index contributed by atoms with van der Waals surface area (Å²) in [6, 6.07) is 22.7. The average molecular weight is 777 g/mol. The van der Waals surface area contributed by atoms with Crippen LogP contribution in [0.3, 0.4) is 0 Å². The minimum Gasteiger partial charge on any atom is -0.480 e. The Morgan fingerprint density at radius 3 is 1.65 bits per heavy atom. The zero-order valence-electron chi connectivity index (χ0n) is 31.5. The topological polar surface area (TPSA) is 186 Å². The highest BCUT2D eigenvalue weighted by Gasteiger charge is 2.32. The summed E-state index contributed by atoms with van der Waals surface area (Å²) in [7, 11) is 0. The molecule has 0 unspecified atom stereocenters. The van der Waals surface area contributed by atoms with Crippen molar-refractivity contribution in [2.75, 3.05) is 57.7 Å². The van der Waals surface area contributed by atoms with Gasteiger partial charge >= 0.3 is 23.9 Å².